The van der Waals surface area contributed by atoms with E-state index in [-0.39, 0.29) is 0 Å². The summed E-state index contributed by atoms with van der Waals surface area (Å²) in [5, 5.41) is 14.8. The molecule has 2 rings (SSSR count). The zero-order valence-corrected chi connectivity index (χ0v) is 9.59. The number of aliphatic hydroxyl groups excluding tert-OH is 1. The Hall–Kier alpha value is -1.39. The quantitative estimate of drug-likeness (QED) is 0.889. The second-order valence-electron chi connectivity index (χ2n) is 3.38. The molecular weight excluding hydrogens is 226 g/mol. The Morgan fingerprint density at radius 3 is 2.88 bits per heavy atom. The number of aryl methyl sites for hydroxylation is 1. The maximum Gasteiger partial charge on any atom is 0.137 e. The van der Waals surface area contributed by atoms with Gasteiger partial charge in [-0.05, 0) is 25.1 Å². The first-order valence-electron chi connectivity index (χ1n) is 5.03. The molecule has 84 valence electrons. The zero-order valence-electron chi connectivity index (χ0n) is 8.84. The molecule has 2 aromatic heterocycles. The highest BCUT2D eigenvalue weighted by Crippen LogP contribution is 2.20. The van der Waals surface area contributed by atoms with Crippen molar-refractivity contribution in [2.75, 3.05) is 0 Å². The minimum absolute atomic E-state index is 0.556. The Morgan fingerprint density at radius 1 is 1.44 bits per heavy atom. The summed E-state index contributed by atoms with van der Waals surface area (Å²) in [5.74, 6) is 0. The normalized spacial score (nSPS) is 12.7. The van der Waals surface area contributed by atoms with Gasteiger partial charge in [-0.15, -0.1) is 0 Å². The van der Waals surface area contributed by atoms with E-state index in [1.807, 2.05) is 6.92 Å². The van der Waals surface area contributed by atoms with Crippen LogP contribution in [0.3, 0.4) is 0 Å². The second kappa shape index (κ2) is 4.63. The molecule has 0 spiro atoms. The van der Waals surface area contributed by atoms with Gasteiger partial charge in [-0.2, -0.15) is 5.10 Å². The fraction of sp³-hybridized carbons (Fsp3) is 0.273. The third kappa shape index (κ3) is 2.08. The van der Waals surface area contributed by atoms with Crippen LogP contribution in [0.2, 0.25) is 5.02 Å². The molecule has 1 N–H and O–H groups in total. The predicted octanol–water partition coefficient (Wildman–Crippen LogP) is 2.03. The van der Waals surface area contributed by atoms with Crippen LogP contribution < -0.4 is 0 Å². The van der Waals surface area contributed by atoms with Gasteiger partial charge in [0, 0.05) is 18.9 Å². The standard InChI is InChI=1S/C11H12ClN3O/c1-2-15-10(5-6-14-15)11(16)9-4-3-8(12)7-13-9/h3-7,11,16H,2H2,1H3. The van der Waals surface area contributed by atoms with E-state index in [0.29, 0.717) is 17.3 Å². The lowest BCUT2D eigenvalue weighted by Gasteiger charge is -2.11. The summed E-state index contributed by atoms with van der Waals surface area (Å²) in [4.78, 5) is 4.09. The number of pyridine rings is 1. The van der Waals surface area contributed by atoms with Gasteiger partial charge in [-0.25, -0.2) is 0 Å². The molecular formula is C11H12ClN3O. The smallest absolute Gasteiger partial charge is 0.137 e. The van der Waals surface area contributed by atoms with E-state index in [9.17, 15) is 5.11 Å². The van der Waals surface area contributed by atoms with Crippen molar-refractivity contribution in [3.8, 4) is 0 Å². The van der Waals surface area contributed by atoms with Crippen LogP contribution in [0.15, 0.2) is 30.6 Å². The molecule has 5 heteroatoms. The van der Waals surface area contributed by atoms with Crippen LogP contribution in [0.25, 0.3) is 0 Å². The average molecular weight is 238 g/mol. The van der Waals surface area contributed by atoms with E-state index >= 15 is 0 Å². The SMILES string of the molecule is CCn1nccc1C(O)c1ccc(Cl)cn1. The Balaban J connectivity index is 2.31. The van der Waals surface area contributed by atoms with Crippen molar-refractivity contribution < 1.29 is 5.11 Å². The molecule has 16 heavy (non-hydrogen) atoms. The van der Waals surface area contributed by atoms with E-state index < -0.39 is 6.10 Å². The van der Waals surface area contributed by atoms with Crippen LogP contribution in [0.5, 0.6) is 0 Å². The van der Waals surface area contributed by atoms with Gasteiger partial charge in [-0.3, -0.25) is 9.67 Å². The average Bonchev–Trinajstić information content (AvgIpc) is 2.77. The van der Waals surface area contributed by atoms with E-state index in [0.717, 1.165) is 5.69 Å². The number of hydrogen-bond donors (Lipinski definition) is 1. The number of rotatable bonds is 3. The number of aliphatic hydroxyl groups is 1. The lowest BCUT2D eigenvalue weighted by molar-refractivity contribution is 0.203. The van der Waals surface area contributed by atoms with E-state index in [1.165, 1.54) is 6.20 Å². The molecule has 0 aliphatic rings. The van der Waals surface area contributed by atoms with Gasteiger partial charge in [-0.1, -0.05) is 11.6 Å². The van der Waals surface area contributed by atoms with Gasteiger partial charge in [0.1, 0.15) is 6.10 Å². The molecule has 0 aliphatic heterocycles. The number of hydrogen-bond acceptors (Lipinski definition) is 3. The first-order valence-corrected chi connectivity index (χ1v) is 5.41. The monoisotopic (exact) mass is 237 g/mol. The van der Waals surface area contributed by atoms with Crippen molar-refractivity contribution in [2.24, 2.45) is 0 Å². The summed E-state index contributed by atoms with van der Waals surface area (Å²) >= 11 is 5.74. The van der Waals surface area contributed by atoms with Crippen molar-refractivity contribution in [2.45, 2.75) is 19.6 Å². The summed E-state index contributed by atoms with van der Waals surface area (Å²) in [6, 6.07) is 5.20. The molecule has 0 saturated carbocycles. The van der Waals surface area contributed by atoms with Gasteiger partial charge in [0.15, 0.2) is 0 Å². The highest BCUT2D eigenvalue weighted by atomic mass is 35.5. The van der Waals surface area contributed by atoms with E-state index in [1.54, 1.807) is 29.1 Å². The summed E-state index contributed by atoms with van der Waals surface area (Å²) in [6.07, 6.45) is 2.42. The molecule has 0 amide bonds. The number of aromatic nitrogens is 3. The highest BCUT2D eigenvalue weighted by Gasteiger charge is 2.15. The molecule has 0 aromatic carbocycles. The Bertz CT molecular complexity index is 466. The highest BCUT2D eigenvalue weighted by molar-refractivity contribution is 6.30. The van der Waals surface area contributed by atoms with E-state index in [4.69, 9.17) is 11.6 Å². The molecule has 0 radical (unpaired) electrons. The minimum Gasteiger partial charge on any atom is -0.380 e. The predicted molar refractivity (Wildman–Crippen MR) is 61.2 cm³/mol. The first-order chi connectivity index (χ1) is 7.72. The van der Waals surface area contributed by atoms with Crippen molar-refractivity contribution in [3.05, 3.63) is 47.0 Å². The fourth-order valence-corrected chi connectivity index (χ4v) is 1.65. The van der Waals surface area contributed by atoms with Gasteiger partial charge in [0.05, 0.1) is 16.4 Å². The molecule has 2 aromatic rings. The van der Waals surface area contributed by atoms with Gasteiger partial charge < -0.3 is 5.11 Å². The summed E-state index contributed by atoms with van der Waals surface area (Å²) in [6.45, 7) is 2.69. The first kappa shape index (κ1) is 11.1. The van der Waals surface area contributed by atoms with Crippen LogP contribution in [0, 0.1) is 0 Å². The second-order valence-corrected chi connectivity index (χ2v) is 3.81. The largest absolute Gasteiger partial charge is 0.380 e. The fourth-order valence-electron chi connectivity index (χ4n) is 1.54. The lowest BCUT2D eigenvalue weighted by atomic mass is 10.1. The maximum atomic E-state index is 10.1. The topological polar surface area (TPSA) is 50.9 Å². The van der Waals surface area contributed by atoms with Crippen molar-refractivity contribution in [1.29, 1.82) is 0 Å². The van der Waals surface area contributed by atoms with Crippen LogP contribution in [0.4, 0.5) is 0 Å². The van der Waals surface area contributed by atoms with Crippen LogP contribution in [-0.4, -0.2) is 19.9 Å². The molecule has 4 nitrogen and oxygen atoms in total. The van der Waals surface area contributed by atoms with Crippen molar-refractivity contribution in [3.63, 3.8) is 0 Å². The maximum absolute atomic E-state index is 10.1. The van der Waals surface area contributed by atoms with Crippen molar-refractivity contribution in [1.82, 2.24) is 14.8 Å². The van der Waals surface area contributed by atoms with Gasteiger partial charge in [0.25, 0.3) is 0 Å². The zero-order chi connectivity index (χ0) is 11.5. The van der Waals surface area contributed by atoms with Crippen LogP contribution in [-0.2, 0) is 6.54 Å². The summed E-state index contributed by atoms with van der Waals surface area (Å²) in [7, 11) is 0. The van der Waals surface area contributed by atoms with Crippen molar-refractivity contribution >= 4 is 11.6 Å². The third-order valence-corrected chi connectivity index (χ3v) is 2.58. The van der Waals surface area contributed by atoms with Gasteiger partial charge >= 0.3 is 0 Å². The Labute approximate surface area is 98.5 Å². The van der Waals surface area contributed by atoms with E-state index in [2.05, 4.69) is 10.1 Å². The molecule has 2 heterocycles. The Kier molecular flexibility index (Phi) is 3.22. The van der Waals surface area contributed by atoms with Crippen LogP contribution >= 0.6 is 11.6 Å². The third-order valence-electron chi connectivity index (χ3n) is 2.36. The minimum atomic E-state index is -0.764. The number of halogens is 1. The molecule has 1 atom stereocenters. The lowest BCUT2D eigenvalue weighted by Crippen LogP contribution is -2.10. The Morgan fingerprint density at radius 2 is 2.25 bits per heavy atom. The summed E-state index contributed by atoms with van der Waals surface area (Å²) < 4.78 is 1.74. The molecule has 0 bridgehead atoms. The van der Waals surface area contributed by atoms with Crippen LogP contribution in [0.1, 0.15) is 24.4 Å². The van der Waals surface area contributed by atoms with Gasteiger partial charge in [0.2, 0.25) is 0 Å². The number of nitrogens with zero attached hydrogens (tertiary/aromatic N) is 3. The molecule has 0 aliphatic carbocycles. The molecule has 0 saturated heterocycles. The summed E-state index contributed by atoms with van der Waals surface area (Å²) in [5.41, 5.74) is 1.30. The molecule has 0 fully saturated rings. The molecule has 1 unspecified atom stereocenters.